The minimum atomic E-state index is 0.227. The first-order valence-electron chi connectivity index (χ1n) is 3.93. The monoisotopic (exact) mass is 185 g/mol. The number of hydrogen-bond acceptors (Lipinski definition) is 3. The van der Waals surface area contributed by atoms with E-state index in [9.17, 15) is 0 Å². The summed E-state index contributed by atoms with van der Waals surface area (Å²) in [6, 6.07) is 1.76. The van der Waals surface area contributed by atoms with E-state index in [2.05, 4.69) is 23.8 Å². The summed E-state index contributed by atoms with van der Waals surface area (Å²) in [5.41, 5.74) is 6.43. The van der Waals surface area contributed by atoms with Gasteiger partial charge in [-0.3, -0.25) is 0 Å². The third-order valence-corrected chi connectivity index (χ3v) is 2.02. The Kier molecular flexibility index (Phi) is 2.87. The number of nitrogen functional groups attached to an aromatic ring is 1. The zero-order valence-corrected chi connectivity index (χ0v) is 7.97. The van der Waals surface area contributed by atoms with Crippen LogP contribution in [0.15, 0.2) is 6.07 Å². The lowest BCUT2D eigenvalue weighted by atomic mass is 10.1. The Hall–Kier alpha value is -0.830. The Morgan fingerprint density at radius 2 is 2.25 bits per heavy atom. The van der Waals surface area contributed by atoms with E-state index in [-0.39, 0.29) is 5.28 Å². The van der Waals surface area contributed by atoms with Crippen LogP contribution in [-0.4, -0.2) is 9.97 Å². The van der Waals surface area contributed by atoms with E-state index in [1.165, 1.54) is 0 Å². The van der Waals surface area contributed by atoms with Crippen LogP contribution in [0.5, 0.6) is 0 Å². The SMILES string of the molecule is CCC(C)c1cc(N)nc(Cl)n1. The van der Waals surface area contributed by atoms with Gasteiger partial charge in [0.05, 0.1) is 5.69 Å². The molecule has 1 aromatic rings. The Bertz CT molecular complexity index is 255. The van der Waals surface area contributed by atoms with Crippen molar-refractivity contribution in [3.63, 3.8) is 0 Å². The molecule has 66 valence electrons. The molecule has 12 heavy (non-hydrogen) atoms. The van der Waals surface area contributed by atoms with Gasteiger partial charge >= 0.3 is 0 Å². The first kappa shape index (κ1) is 9.26. The zero-order chi connectivity index (χ0) is 9.14. The van der Waals surface area contributed by atoms with Gasteiger partial charge in [0.15, 0.2) is 0 Å². The molecule has 0 aliphatic carbocycles. The van der Waals surface area contributed by atoms with Gasteiger partial charge in [0.25, 0.3) is 0 Å². The van der Waals surface area contributed by atoms with Crippen molar-refractivity contribution in [3.05, 3.63) is 17.0 Å². The minimum Gasteiger partial charge on any atom is -0.384 e. The van der Waals surface area contributed by atoms with Gasteiger partial charge in [-0.25, -0.2) is 9.97 Å². The predicted octanol–water partition coefficient (Wildman–Crippen LogP) is 2.23. The quantitative estimate of drug-likeness (QED) is 0.719. The van der Waals surface area contributed by atoms with E-state index >= 15 is 0 Å². The molecule has 3 nitrogen and oxygen atoms in total. The van der Waals surface area contributed by atoms with E-state index in [0.29, 0.717) is 11.7 Å². The molecule has 1 atom stereocenters. The van der Waals surface area contributed by atoms with Gasteiger partial charge in [-0.15, -0.1) is 0 Å². The fraction of sp³-hybridized carbons (Fsp3) is 0.500. The lowest BCUT2D eigenvalue weighted by molar-refractivity contribution is 0.705. The molecule has 1 heterocycles. The molecule has 0 aliphatic heterocycles. The predicted molar refractivity (Wildman–Crippen MR) is 50.2 cm³/mol. The average molecular weight is 186 g/mol. The van der Waals surface area contributed by atoms with Gasteiger partial charge < -0.3 is 5.73 Å². The van der Waals surface area contributed by atoms with Crippen LogP contribution in [0.1, 0.15) is 31.9 Å². The highest BCUT2D eigenvalue weighted by atomic mass is 35.5. The molecule has 0 fully saturated rings. The molecule has 0 spiro atoms. The van der Waals surface area contributed by atoms with Crippen LogP contribution in [0.2, 0.25) is 5.28 Å². The van der Waals surface area contributed by atoms with Crippen LogP contribution >= 0.6 is 11.6 Å². The second-order valence-corrected chi connectivity index (χ2v) is 3.13. The lowest BCUT2D eigenvalue weighted by Gasteiger charge is -2.07. The van der Waals surface area contributed by atoms with Crippen LogP contribution in [-0.2, 0) is 0 Å². The van der Waals surface area contributed by atoms with Crippen LogP contribution in [0, 0.1) is 0 Å². The molecule has 0 saturated heterocycles. The van der Waals surface area contributed by atoms with E-state index in [0.717, 1.165) is 12.1 Å². The Balaban J connectivity index is 3.00. The third-order valence-electron chi connectivity index (χ3n) is 1.86. The zero-order valence-electron chi connectivity index (χ0n) is 7.21. The molecule has 0 aliphatic rings. The molecule has 1 rings (SSSR count). The lowest BCUT2D eigenvalue weighted by Crippen LogP contribution is -2.00. The van der Waals surface area contributed by atoms with E-state index < -0.39 is 0 Å². The van der Waals surface area contributed by atoms with Crippen molar-refractivity contribution >= 4 is 17.4 Å². The maximum atomic E-state index is 5.65. The molecule has 0 saturated carbocycles. The van der Waals surface area contributed by atoms with Crippen LogP contribution < -0.4 is 5.73 Å². The number of aromatic nitrogens is 2. The van der Waals surface area contributed by atoms with Crippen molar-refractivity contribution in [1.82, 2.24) is 9.97 Å². The number of rotatable bonds is 2. The van der Waals surface area contributed by atoms with Gasteiger partial charge in [-0.2, -0.15) is 0 Å². The molecule has 0 radical (unpaired) electrons. The standard InChI is InChI=1S/C8H12ClN3/c1-3-5(2)6-4-7(10)12-8(9)11-6/h4-5H,3H2,1-2H3,(H2,10,11,12). The molecule has 1 unspecified atom stereocenters. The van der Waals surface area contributed by atoms with Gasteiger partial charge in [0.1, 0.15) is 5.82 Å². The summed E-state index contributed by atoms with van der Waals surface area (Å²) in [5.74, 6) is 0.818. The van der Waals surface area contributed by atoms with Crippen LogP contribution in [0.4, 0.5) is 5.82 Å². The Morgan fingerprint density at radius 3 is 2.75 bits per heavy atom. The van der Waals surface area contributed by atoms with Gasteiger partial charge in [0, 0.05) is 6.07 Å². The Labute approximate surface area is 77.0 Å². The number of halogens is 1. The van der Waals surface area contributed by atoms with E-state index in [4.69, 9.17) is 17.3 Å². The van der Waals surface area contributed by atoms with Crippen molar-refractivity contribution in [3.8, 4) is 0 Å². The largest absolute Gasteiger partial charge is 0.384 e. The molecular formula is C8H12ClN3. The second kappa shape index (κ2) is 3.72. The molecule has 1 aromatic heterocycles. The smallest absolute Gasteiger partial charge is 0.224 e. The van der Waals surface area contributed by atoms with E-state index in [1.54, 1.807) is 6.07 Å². The third kappa shape index (κ3) is 2.08. The molecule has 2 N–H and O–H groups in total. The molecule has 4 heteroatoms. The summed E-state index contributed by atoms with van der Waals surface area (Å²) in [5, 5.41) is 0.227. The highest BCUT2D eigenvalue weighted by Crippen LogP contribution is 2.18. The second-order valence-electron chi connectivity index (χ2n) is 2.80. The molecule has 0 bridgehead atoms. The van der Waals surface area contributed by atoms with Crippen molar-refractivity contribution in [1.29, 1.82) is 0 Å². The normalized spacial score (nSPS) is 12.9. The first-order chi connectivity index (χ1) is 5.63. The maximum absolute atomic E-state index is 5.65. The number of hydrogen-bond donors (Lipinski definition) is 1. The molecule has 0 aromatic carbocycles. The summed E-state index contributed by atoms with van der Waals surface area (Å²) in [4.78, 5) is 7.86. The van der Waals surface area contributed by atoms with Crippen LogP contribution in [0.25, 0.3) is 0 Å². The van der Waals surface area contributed by atoms with E-state index in [1.807, 2.05) is 0 Å². The highest BCUT2D eigenvalue weighted by Gasteiger charge is 2.06. The molecule has 0 amide bonds. The summed E-state index contributed by atoms with van der Waals surface area (Å²) < 4.78 is 0. The van der Waals surface area contributed by atoms with Crippen molar-refractivity contribution in [2.75, 3.05) is 5.73 Å². The van der Waals surface area contributed by atoms with Gasteiger partial charge in [-0.05, 0) is 23.9 Å². The maximum Gasteiger partial charge on any atom is 0.224 e. The molecular weight excluding hydrogens is 174 g/mol. The number of nitrogens with zero attached hydrogens (tertiary/aromatic N) is 2. The fourth-order valence-corrected chi connectivity index (χ4v) is 1.11. The highest BCUT2D eigenvalue weighted by molar-refractivity contribution is 6.28. The Morgan fingerprint density at radius 1 is 1.58 bits per heavy atom. The summed E-state index contributed by atoms with van der Waals surface area (Å²) >= 11 is 5.65. The fourth-order valence-electron chi connectivity index (χ4n) is 0.916. The summed E-state index contributed by atoms with van der Waals surface area (Å²) in [6.07, 6.45) is 1.02. The van der Waals surface area contributed by atoms with Gasteiger partial charge in [-0.1, -0.05) is 13.8 Å². The van der Waals surface area contributed by atoms with Crippen LogP contribution in [0.3, 0.4) is 0 Å². The van der Waals surface area contributed by atoms with Crippen molar-refractivity contribution in [2.45, 2.75) is 26.2 Å². The van der Waals surface area contributed by atoms with Crippen molar-refractivity contribution in [2.24, 2.45) is 0 Å². The first-order valence-corrected chi connectivity index (χ1v) is 4.31. The summed E-state index contributed by atoms with van der Waals surface area (Å²) in [7, 11) is 0. The topological polar surface area (TPSA) is 51.8 Å². The summed E-state index contributed by atoms with van der Waals surface area (Å²) in [6.45, 7) is 4.18. The minimum absolute atomic E-state index is 0.227. The average Bonchev–Trinajstić information content (AvgIpc) is 2.01. The number of nitrogens with two attached hydrogens (primary N) is 1. The number of anilines is 1. The van der Waals surface area contributed by atoms with Crippen molar-refractivity contribution < 1.29 is 0 Å². The van der Waals surface area contributed by atoms with Gasteiger partial charge in [0.2, 0.25) is 5.28 Å².